The zero-order valence-corrected chi connectivity index (χ0v) is 14.7. The van der Waals surface area contributed by atoms with Gasteiger partial charge in [0.05, 0.1) is 30.5 Å². The molecule has 1 saturated heterocycles. The lowest BCUT2D eigenvalue weighted by Gasteiger charge is -2.42. The van der Waals surface area contributed by atoms with E-state index in [0.29, 0.717) is 18.7 Å². The number of pyridine rings is 1. The van der Waals surface area contributed by atoms with Crippen molar-refractivity contribution < 1.29 is 27.8 Å². The zero-order chi connectivity index (χ0) is 18.4. The summed E-state index contributed by atoms with van der Waals surface area (Å²) < 4.78 is 40.5. The standard InChI is InChI=1S/C17H22F2N2O4/c1-9-8-23-12-7-11-10(5-6-13(20-11)24-15(18)19)14(12)21(9)16(22)25-17(2,3)4/h5-6,9,12,14-15H,7-8H2,1-4H3/t9-,12+,14-/m1/s1. The van der Waals surface area contributed by atoms with E-state index < -0.39 is 18.3 Å². The number of alkyl halides is 2. The molecule has 0 bridgehead atoms. The van der Waals surface area contributed by atoms with E-state index in [4.69, 9.17) is 9.47 Å². The summed E-state index contributed by atoms with van der Waals surface area (Å²) in [5.41, 5.74) is 0.777. The Morgan fingerprint density at radius 2 is 2.12 bits per heavy atom. The molecular formula is C17H22F2N2O4. The highest BCUT2D eigenvalue weighted by molar-refractivity contribution is 5.70. The molecule has 3 rings (SSSR count). The van der Waals surface area contributed by atoms with Crippen molar-refractivity contribution in [2.75, 3.05) is 6.61 Å². The summed E-state index contributed by atoms with van der Waals surface area (Å²) in [6.07, 6.45) is -0.251. The number of amides is 1. The lowest BCUT2D eigenvalue weighted by Crippen LogP contribution is -2.53. The van der Waals surface area contributed by atoms with Gasteiger partial charge < -0.3 is 14.2 Å². The molecule has 0 aromatic carbocycles. The molecule has 1 aromatic rings. The fraction of sp³-hybridized carbons (Fsp3) is 0.647. The number of fused-ring (bicyclic) bond motifs is 3. The van der Waals surface area contributed by atoms with E-state index in [0.717, 1.165) is 5.56 Å². The van der Waals surface area contributed by atoms with Crippen LogP contribution in [0.15, 0.2) is 12.1 Å². The topological polar surface area (TPSA) is 60.9 Å². The van der Waals surface area contributed by atoms with Crippen LogP contribution < -0.4 is 4.74 Å². The summed E-state index contributed by atoms with van der Waals surface area (Å²) in [7, 11) is 0. The molecule has 1 amide bonds. The van der Waals surface area contributed by atoms with Gasteiger partial charge in [-0.05, 0) is 39.3 Å². The number of aromatic nitrogens is 1. The summed E-state index contributed by atoms with van der Waals surface area (Å²) in [6.45, 7) is 4.78. The number of rotatable bonds is 2. The molecule has 0 radical (unpaired) electrons. The second-order valence-electron chi connectivity index (χ2n) is 7.32. The predicted molar refractivity (Wildman–Crippen MR) is 84.6 cm³/mol. The van der Waals surface area contributed by atoms with Gasteiger partial charge >= 0.3 is 12.7 Å². The maximum absolute atomic E-state index is 12.7. The number of hydrogen-bond acceptors (Lipinski definition) is 5. The number of carbonyl (C=O) groups is 1. The monoisotopic (exact) mass is 356 g/mol. The van der Waals surface area contributed by atoms with Crippen LogP contribution in [0.1, 0.15) is 45.0 Å². The van der Waals surface area contributed by atoms with Crippen molar-refractivity contribution in [2.24, 2.45) is 0 Å². The predicted octanol–water partition coefficient (Wildman–Crippen LogP) is 3.30. The molecule has 0 N–H and O–H groups in total. The smallest absolute Gasteiger partial charge is 0.411 e. The van der Waals surface area contributed by atoms with Gasteiger partial charge in [-0.3, -0.25) is 4.90 Å². The first kappa shape index (κ1) is 17.8. The fourth-order valence-corrected chi connectivity index (χ4v) is 3.29. The Hall–Kier alpha value is -1.96. The van der Waals surface area contributed by atoms with Crippen molar-refractivity contribution >= 4 is 6.09 Å². The Kier molecular flexibility index (Phi) is 4.57. The Labute approximate surface area is 145 Å². The molecule has 138 valence electrons. The van der Waals surface area contributed by atoms with Crippen LogP contribution in [0, 0.1) is 0 Å². The average molecular weight is 356 g/mol. The third-order valence-corrected chi connectivity index (χ3v) is 4.19. The molecule has 1 fully saturated rings. The summed E-state index contributed by atoms with van der Waals surface area (Å²) in [5.74, 6) is -0.135. The van der Waals surface area contributed by atoms with Crippen LogP contribution in [0.3, 0.4) is 0 Å². The quantitative estimate of drug-likeness (QED) is 0.814. The van der Waals surface area contributed by atoms with Crippen LogP contribution in [0.25, 0.3) is 0 Å². The van der Waals surface area contributed by atoms with Crippen LogP contribution in [0.4, 0.5) is 13.6 Å². The molecule has 6 nitrogen and oxygen atoms in total. The summed E-state index contributed by atoms with van der Waals surface area (Å²) in [4.78, 5) is 18.5. The van der Waals surface area contributed by atoms with E-state index in [1.807, 2.05) is 27.7 Å². The number of morpholine rings is 1. The minimum absolute atomic E-state index is 0.135. The minimum Gasteiger partial charge on any atom is -0.444 e. The van der Waals surface area contributed by atoms with Crippen molar-refractivity contribution in [3.8, 4) is 5.88 Å². The maximum Gasteiger partial charge on any atom is 0.411 e. The molecule has 2 heterocycles. The van der Waals surface area contributed by atoms with E-state index in [-0.39, 0.29) is 24.1 Å². The highest BCUT2D eigenvalue weighted by Crippen LogP contribution is 2.42. The fourth-order valence-electron chi connectivity index (χ4n) is 3.29. The van der Waals surface area contributed by atoms with E-state index in [2.05, 4.69) is 9.72 Å². The molecule has 0 saturated carbocycles. The highest BCUT2D eigenvalue weighted by atomic mass is 19.3. The first-order valence-corrected chi connectivity index (χ1v) is 8.23. The number of carbonyl (C=O) groups excluding carboxylic acids is 1. The molecule has 2 aliphatic rings. The maximum atomic E-state index is 12.7. The van der Waals surface area contributed by atoms with Gasteiger partial charge in [-0.15, -0.1) is 0 Å². The Bertz CT molecular complexity index is 663. The van der Waals surface area contributed by atoms with Crippen molar-refractivity contribution in [1.29, 1.82) is 0 Å². The molecule has 1 aromatic heterocycles. The minimum atomic E-state index is -2.93. The van der Waals surface area contributed by atoms with E-state index >= 15 is 0 Å². The van der Waals surface area contributed by atoms with Gasteiger partial charge in [0.15, 0.2) is 0 Å². The van der Waals surface area contributed by atoms with Crippen LogP contribution in [0.2, 0.25) is 0 Å². The van der Waals surface area contributed by atoms with Gasteiger partial charge in [-0.25, -0.2) is 9.78 Å². The van der Waals surface area contributed by atoms with Crippen molar-refractivity contribution in [3.05, 3.63) is 23.4 Å². The van der Waals surface area contributed by atoms with Crippen LogP contribution in [-0.2, 0) is 15.9 Å². The van der Waals surface area contributed by atoms with E-state index in [1.165, 1.54) is 6.07 Å². The highest BCUT2D eigenvalue weighted by Gasteiger charge is 2.47. The normalized spacial score (nSPS) is 25.6. The number of halogens is 2. The third-order valence-electron chi connectivity index (χ3n) is 4.19. The van der Waals surface area contributed by atoms with Crippen molar-refractivity contribution in [2.45, 2.75) is 64.5 Å². The van der Waals surface area contributed by atoms with Gasteiger partial charge in [0.25, 0.3) is 0 Å². The van der Waals surface area contributed by atoms with E-state index in [9.17, 15) is 13.6 Å². The Morgan fingerprint density at radius 1 is 1.40 bits per heavy atom. The number of hydrogen-bond donors (Lipinski definition) is 0. The first-order chi connectivity index (χ1) is 11.7. The second kappa shape index (κ2) is 6.40. The molecule has 0 spiro atoms. The second-order valence-corrected chi connectivity index (χ2v) is 7.32. The first-order valence-electron chi connectivity index (χ1n) is 8.23. The molecule has 0 unspecified atom stereocenters. The number of nitrogens with zero attached hydrogens (tertiary/aromatic N) is 2. The van der Waals surface area contributed by atoms with Crippen LogP contribution in [0.5, 0.6) is 5.88 Å². The summed E-state index contributed by atoms with van der Waals surface area (Å²) in [5, 5.41) is 0. The SMILES string of the molecule is C[C@@H]1CO[C@H]2Cc3nc(OC(F)F)ccc3[C@H]2N1C(=O)OC(C)(C)C. The molecule has 3 atom stereocenters. The average Bonchev–Trinajstić information content (AvgIpc) is 2.82. The van der Waals surface area contributed by atoms with Crippen molar-refractivity contribution in [1.82, 2.24) is 9.88 Å². The molecule has 25 heavy (non-hydrogen) atoms. The van der Waals surface area contributed by atoms with Gasteiger partial charge in [0.2, 0.25) is 5.88 Å². The van der Waals surface area contributed by atoms with Gasteiger partial charge in [0, 0.05) is 12.5 Å². The van der Waals surface area contributed by atoms with Gasteiger partial charge in [-0.1, -0.05) is 0 Å². The Morgan fingerprint density at radius 3 is 2.76 bits per heavy atom. The lowest BCUT2D eigenvalue weighted by molar-refractivity contribution is -0.0939. The molecular weight excluding hydrogens is 334 g/mol. The van der Waals surface area contributed by atoms with Crippen LogP contribution >= 0.6 is 0 Å². The largest absolute Gasteiger partial charge is 0.444 e. The molecule has 1 aliphatic carbocycles. The lowest BCUT2D eigenvalue weighted by atomic mass is 10.0. The van der Waals surface area contributed by atoms with Gasteiger partial charge in [0.1, 0.15) is 5.60 Å². The van der Waals surface area contributed by atoms with Crippen LogP contribution in [-0.4, -0.2) is 46.9 Å². The zero-order valence-electron chi connectivity index (χ0n) is 14.7. The third kappa shape index (κ3) is 3.68. The Balaban J connectivity index is 1.90. The number of ether oxygens (including phenoxy) is 3. The van der Waals surface area contributed by atoms with E-state index in [1.54, 1.807) is 11.0 Å². The van der Waals surface area contributed by atoms with Gasteiger partial charge in [-0.2, -0.15) is 8.78 Å². The summed E-state index contributed by atoms with van der Waals surface area (Å²) in [6, 6.07) is 2.55. The molecule has 1 aliphatic heterocycles. The van der Waals surface area contributed by atoms with Crippen molar-refractivity contribution in [3.63, 3.8) is 0 Å². The molecule has 8 heteroatoms. The summed E-state index contributed by atoms with van der Waals surface area (Å²) >= 11 is 0.